The lowest BCUT2D eigenvalue weighted by Gasteiger charge is -2.21. The van der Waals surface area contributed by atoms with Crippen molar-refractivity contribution < 1.29 is 4.79 Å². The number of thiazole rings is 1. The van der Waals surface area contributed by atoms with Gasteiger partial charge in [0.05, 0.1) is 5.69 Å². The molecular weight excluding hydrogens is 320 g/mol. The van der Waals surface area contributed by atoms with Crippen LogP contribution in [0.2, 0.25) is 0 Å². The topological polar surface area (TPSA) is 48.5 Å². The summed E-state index contributed by atoms with van der Waals surface area (Å²) >= 11 is 1.46. The van der Waals surface area contributed by atoms with Gasteiger partial charge in [-0.05, 0) is 59.1 Å². The van der Waals surface area contributed by atoms with Crippen LogP contribution in [0, 0.1) is 6.92 Å². The molecule has 0 saturated heterocycles. The highest BCUT2D eigenvalue weighted by molar-refractivity contribution is 7.13. The molecule has 1 amide bonds. The van der Waals surface area contributed by atoms with E-state index in [-0.39, 0.29) is 5.91 Å². The van der Waals surface area contributed by atoms with Crippen molar-refractivity contribution >= 4 is 28.6 Å². The van der Waals surface area contributed by atoms with Crippen molar-refractivity contribution in [2.24, 2.45) is 0 Å². The molecule has 0 radical (unpaired) electrons. The van der Waals surface area contributed by atoms with Crippen LogP contribution in [0.3, 0.4) is 0 Å². The minimum atomic E-state index is -0.0920. The van der Waals surface area contributed by atoms with E-state index in [0.29, 0.717) is 4.88 Å². The standard InChI is InChI=1S/C18H26N4OS/c1-6-22(7-2)15-10-8-14(9-11-15)20-18(23)17-13(3)19-16(24-17)12-21(4)5/h8-11H,6-7,12H2,1-5H3,(H,20,23). The number of carbonyl (C=O) groups is 1. The first-order chi connectivity index (χ1) is 11.4. The highest BCUT2D eigenvalue weighted by Gasteiger charge is 2.16. The van der Waals surface area contributed by atoms with Crippen molar-refractivity contribution in [1.29, 1.82) is 0 Å². The van der Waals surface area contributed by atoms with Gasteiger partial charge < -0.3 is 15.1 Å². The second-order valence-electron chi connectivity index (χ2n) is 5.93. The number of amides is 1. The summed E-state index contributed by atoms with van der Waals surface area (Å²) in [5.74, 6) is -0.0920. The van der Waals surface area contributed by atoms with Gasteiger partial charge in [0.2, 0.25) is 0 Å². The molecule has 6 heteroatoms. The van der Waals surface area contributed by atoms with Crippen LogP contribution in [-0.2, 0) is 6.54 Å². The fraction of sp³-hybridized carbons (Fsp3) is 0.444. The van der Waals surface area contributed by atoms with Gasteiger partial charge in [0.25, 0.3) is 5.91 Å². The Kier molecular flexibility index (Phi) is 6.34. The second-order valence-corrected chi connectivity index (χ2v) is 7.02. The minimum absolute atomic E-state index is 0.0920. The molecule has 0 saturated carbocycles. The predicted molar refractivity (Wildman–Crippen MR) is 102 cm³/mol. The Bertz CT molecular complexity index is 675. The molecule has 0 fully saturated rings. The van der Waals surface area contributed by atoms with Crippen LogP contribution >= 0.6 is 11.3 Å². The molecule has 2 aromatic rings. The van der Waals surface area contributed by atoms with E-state index in [0.717, 1.165) is 36.0 Å². The first-order valence-electron chi connectivity index (χ1n) is 8.22. The highest BCUT2D eigenvalue weighted by Crippen LogP contribution is 2.22. The van der Waals surface area contributed by atoms with Crippen LogP contribution in [0.5, 0.6) is 0 Å². The fourth-order valence-corrected chi connectivity index (χ4v) is 3.61. The average molecular weight is 347 g/mol. The summed E-state index contributed by atoms with van der Waals surface area (Å²) < 4.78 is 0. The summed E-state index contributed by atoms with van der Waals surface area (Å²) in [5.41, 5.74) is 2.76. The Morgan fingerprint density at radius 1 is 1.17 bits per heavy atom. The van der Waals surface area contributed by atoms with Crippen LogP contribution in [0.4, 0.5) is 11.4 Å². The number of carbonyl (C=O) groups excluding carboxylic acids is 1. The Morgan fingerprint density at radius 2 is 1.79 bits per heavy atom. The number of hydrogen-bond donors (Lipinski definition) is 1. The summed E-state index contributed by atoms with van der Waals surface area (Å²) in [5, 5.41) is 3.93. The third-order valence-electron chi connectivity index (χ3n) is 3.75. The maximum atomic E-state index is 12.5. The summed E-state index contributed by atoms with van der Waals surface area (Å²) in [4.78, 5) is 22.0. The van der Waals surface area contributed by atoms with Gasteiger partial charge in [-0.3, -0.25) is 4.79 Å². The summed E-state index contributed by atoms with van der Waals surface area (Å²) in [6, 6.07) is 7.98. The Hall–Kier alpha value is -1.92. The van der Waals surface area contributed by atoms with Gasteiger partial charge in [-0.1, -0.05) is 0 Å². The smallest absolute Gasteiger partial charge is 0.267 e. The number of hydrogen-bond acceptors (Lipinski definition) is 5. The monoisotopic (exact) mass is 346 g/mol. The molecule has 0 aliphatic rings. The summed E-state index contributed by atoms with van der Waals surface area (Å²) in [7, 11) is 3.99. The molecule has 1 aromatic heterocycles. The van der Waals surface area contributed by atoms with Gasteiger partial charge >= 0.3 is 0 Å². The number of aromatic nitrogens is 1. The quantitative estimate of drug-likeness (QED) is 0.832. The number of nitrogens with zero attached hydrogens (tertiary/aromatic N) is 3. The van der Waals surface area contributed by atoms with E-state index in [1.165, 1.54) is 17.0 Å². The molecule has 0 aliphatic carbocycles. The first-order valence-corrected chi connectivity index (χ1v) is 9.03. The van der Waals surface area contributed by atoms with Crippen molar-refractivity contribution in [3.8, 4) is 0 Å². The number of nitrogens with one attached hydrogen (secondary N) is 1. The van der Waals surface area contributed by atoms with Crippen molar-refractivity contribution in [3.63, 3.8) is 0 Å². The van der Waals surface area contributed by atoms with E-state index in [2.05, 4.69) is 29.0 Å². The maximum absolute atomic E-state index is 12.5. The Balaban J connectivity index is 2.08. The van der Waals surface area contributed by atoms with Crippen LogP contribution in [0.25, 0.3) is 0 Å². The lowest BCUT2D eigenvalue weighted by atomic mass is 10.2. The van der Waals surface area contributed by atoms with E-state index in [1.807, 2.05) is 50.2 Å². The maximum Gasteiger partial charge on any atom is 0.267 e. The molecule has 1 heterocycles. The molecule has 24 heavy (non-hydrogen) atoms. The molecule has 0 bridgehead atoms. The van der Waals surface area contributed by atoms with Crippen LogP contribution in [-0.4, -0.2) is 43.0 Å². The Morgan fingerprint density at radius 3 is 2.33 bits per heavy atom. The SMILES string of the molecule is CCN(CC)c1ccc(NC(=O)c2sc(CN(C)C)nc2C)cc1. The number of anilines is 2. The lowest BCUT2D eigenvalue weighted by Crippen LogP contribution is -2.21. The van der Waals surface area contributed by atoms with Crippen LogP contribution in [0.15, 0.2) is 24.3 Å². The third kappa shape index (κ3) is 4.55. The zero-order valence-electron chi connectivity index (χ0n) is 15.1. The zero-order chi connectivity index (χ0) is 17.7. The van der Waals surface area contributed by atoms with Gasteiger partial charge in [0.1, 0.15) is 9.88 Å². The molecule has 130 valence electrons. The summed E-state index contributed by atoms with van der Waals surface area (Å²) in [6.45, 7) is 8.84. The molecule has 2 rings (SSSR count). The van der Waals surface area contributed by atoms with E-state index >= 15 is 0 Å². The molecule has 0 spiro atoms. The van der Waals surface area contributed by atoms with Crippen molar-refractivity contribution in [2.45, 2.75) is 27.3 Å². The van der Waals surface area contributed by atoms with E-state index in [4.69, 9.17) is 0 Å². The van der Waals surface area contributed by atoms with E-state index in [9.17, 15) is 4.79 Å². The van der Waals surface area contributed by atoms with Gasteiger partial charge in [-0.15, -0.1) is 11.3 Å². The van der Waals surface area contributed by atoms with Gasteiger partial charge in [-0.2, -0.15) is 0 Å². The molecule has 0 aliphatic heterocycles. The molecule has 0 atom stereocenters. The normalized spacial score (nSPS) is 10.9. The largest absolute Gasteiger partial charge is 0.372 e. The second kappa shape index (κ2) is 8.26. The third-order valence-corrected chi connectivity index (χ3v) is 4.89. The Labute approximate surface area is 148 Å². The van der Waals surface area contributed by atoms with E-state index < -0.39 is 0 Å². The predicted octanol–water partition coefficient (Wildman–Crippen LogP) is 3.61. The van der Waals surface area contributed by atoms with Crippen molar-refractivity contribution in [2.75, 3.05) is 37.4 Å². The van der Waals surface area contributed by atoms with Gasteiger partial charge in [0.15, 0.2) is 0 Å². The minimum Gasteiger partial charge on any atom is -0.372 e. The van der Waals surface area contributed by atoms with Gasteiger partial charge in [0, 0.05) is 31.0 Å². The molecule has 5 nitrogen and oxygen atoms in total. The molecule has 0 unspecified atom stereocenters. The zero-order valence-corrected chi connectivity index (χ0v) is 15.9. The van der Waals surface area contributed by atoms with Crippen LogP contribution < -0.4 is 10.2 Å². The molecule has 1 aromatic carbocycles. The number of benzene rings is 1. The number of aryl methyl sites for hydroxylation is 1. The summed E-state index contributed by atoms with van der Waals surface area (Å²) in [6.07, 6.45) is 0. The lowest BCUT2D eigenvalue weighted by molar-refractivity contribution is 0.103. The highest BCUT2D eigenvalue weighted by atomic mass is 32.1. The van der Waals surface area contributed by atoms with Crippen molar-refractivity contribution in [1.82, 2.24) is 9.88 Å². The fourth-order valence-electron chi connectivity index (χ4n) is 2.53. The van der Waals surface area contributed by atoms with Crippen molar-refractivity contribution in [3.05, 3.63) is 39.8 Å². The average Bonchev–Trinajstić information content (AvgIpc) is 2.90. The number of rotatable bonds is 7. The van der Waals surface area contributed by atoms with E-state index in [1.54, 1.807) is 0 Å². The molecular formula is C18H26N4OS. The van der Waals surface area contributed by atoms with Gasteiger partial charge in [-0.25, -0.2) is 4.98 Å². The molecule has 1 N–H and O–H groups in total. The first kappa shape index (κ1) is 18.4. The van der Waals surface area contributed by atoms with Crippen LogP contribution in [0.1, 0.15) is 34.2 Å².